The molecule has 7 nitrogen and oxygen atoms in total. The summed E-state index contributed by atoms with van der Waals surface area (Å²) >= 11 is 0. The average molecular weight is 292 g/mol. The van der Waals surface area contributed by atoms with Crippen molar-refractivity contribution in [2.45, 2.75) is 39.3 Å². The lowest BCUT2D eigenvalue weighted by atomic mass is 10.2. The topological polar surface area (TPSA) is 98.7 Å². The number of hydrogen-bond donors (Lipinski definition) is 2. The van der Waals surface area contributed by atoms with Gasteiger partial charge in [0.05, 0.1) is 12.3 Å². The van der Waals surface area contributed by atoms with Gasteiger partial charge in [-0.1, -0.05) is 0 Å². The first-order valence-corrected chi connectivity index (χ1v) is 6.90. The number of aromatic nitrogens is 1. The second kappa shape index (κ2) is 6.53. The van der Waals surface area contributed by atoms with Crippen molar-refractivity contribution in [2.75, 3.05) is 6.61 Å². The Morgan fingerprint density at radius 3 is 2.95 bits per heavy atom. The molecule has 1 saturated heterocycles. The van der Waals surface area contributed by atoms with E-state index in [-0.39, 0.29) is 6.10 Å². The first-order valence-electron chi connectivity index (χ1n) is 6.90. The summed E-state index contributed by atoms with van der Waals surface area (Å²) in [5, 5.41) is 3.74. The molecule has 0 saturated carbocycles. The van der Waals surface area contributed by atoms with Crippen molar-refractivity contribution in [1.29, 1.82) is 0 Å². The normalized spacial score (nSPS) is 18.3. The van der Waals surface area contributed by atoms with Crippen LogP contribution >= 0.6 is 0 Å². The Bertz CT molecular complexity index is 571. The number of amides is 2. The van der Waals surface area contributed by atoms with Crippen LogP contribution in [0.1, 0.15) is 29.8 Å². The number of nitrogens with two attached hydrogens (primary N) is 1. The van der Waals surface area contributed by atoms with Gasteiger partial charge in [0.2, 0.25) is 0 Å². The summed E-state index contributed by atoms with van der Waals surface area (Å²) in [6, 6.07) is 1.98. The zero-order valence-electron chi connectivity index (χ0n) is 12.3. The van der Waals surface area contributed by atoms with Crippen molar-refractivity contribution in [3.05, 3.63) is 23.0 Å². The monoisotopic (exact) mass is 292 g/mol. The first-order chi connectivity index (χ1) is 9.99. The van der Waals surface area contributed by atoms with E-state index in [1.807, 2.05) is 19.9 Å². The number of hydrogen-bond acceptors (Lipinski definition) is 4. The lowest BCUT2D eigenvalue weighted by Gasteiger charge is -2.14. The maximum absolute atomic E-state index is 11.0. The van der Waals surface area contributed by atoms with Crippen molar-refractivity contribution < 1.29 is 14.3 Å². The summed E-state index contributed by atoms with van der Waals surface area (Å²) in [5.74, 6) is -1.99. The maximum atomic E-state index is 11.0. The van der Waals surface area contributed by atoms with Crippen LogP contribution in [0.25, 0.3) is 0 Å². The molecular formula is C14H20N4O3. The van der Waals surface area contributed by atoms with E-state index in [2.05, 4.69) is 15.1 Å². The van der Waals surface area contributed by atoms with Crippen LogP contribution in [0.3, 0.4) is 0 Å². The molecule has 1 aliphatic heterocycles. The molecule has 2 rings (SSSR count). The summed E-state index contributed by atoms with van der Waals surface area (Å²) in [5.41, 5.74) is 9.93. The van der Waals surface area contributed by atoms with E-state index in [0.717, 1.165) is 42.9 Å². The zero-order chi connectivity index (χ0) is 15.4. The largest absolute Gasteiger partial charge is 0.376 e. The Labute approximate surface area is 123 Å². The van der Waals surface area contributed by atoms with Crippen molar-refractivity contribution in [2.24, 2.45) is 10.8 Å². The van der Waals surface area contributed by atoms with Gasteiger partial charge in [0.15, 0.2) is 0 Å². The minimum atomic E-state index is -1.06. The maximum Gasteiger partial charge on any atom is 0.329 e. The van der Waals surface area contributed by atoms with Crippen LogP contribution in [0.5, 0.6) is 0 Å². The van der Waals surface area contributed by atoms with Gasteiger partial charge in [-0.2, -0.15) is 5.10 Å². The molecule has 0 aliphatic carbocycles. The van der Waals surface area contributed by atoms with Gasteiger partial charge in [-0.3, -0.25) is 9.59 Å². The van der Waals surface area contributed by atoms with Crippen LogP contribution in [0, 0.1) is 13.8 Å². The first kappa shape index (κ1) is 15.2. The van der Waals surface area contributed by atoms with Crippen LogP contribution in [-0.4, -0.2) is 35.3 Å². The van der Waals surface area contributed by atoms with Gasteiger partial charge in [-0.05, 0) is 32.8 Å². The number of carbonyl (C=O) groups is 2. The lowest BCUT2D eigenvalue weighted by Crippen LogP contribution is -2.32. The Kier molecular flexibility index (Phi) is 4.74. The molecule has 0 bridgehead atoms. The van der Waals surface area contributed by atoms with Crippen LogP contribution < -0.4 is 11.2 Å². The van der Waals surface area contributed by atoms with Gasteiger partial charge in [0.25, 0.3) is 0 Å². The van der Waals surface area contributed by atoms with E-state index in [1.54, 1.807) is 0 Å². The highest BCUT2D eigenvalue weighted by molar-refractivity contribution is 6.34. The molecule has 1 fully saturated rings. The number of hydrazone groups is 1. The predicted octanol–water partition coefficient (Wildman–Crippen LogP) is 0.219. The highest BCUT2D eigenvalue weighted by atomic mass is 16.5. The molecule has 2 heterocycles. The number of aryl methyl sites for hydroxylation is 1. The molecular weight excluding hydrogens is 272 g/mol. The van der Waals surface area contributed by atoms with Crippen molar-refractivity contribution in [3.63, 3.8) is 0 Å². The van der Waals surface area contributed by atoms with E-state index in [0.29, 0.717) is 0 Å². The second-order valence-corrected chi connectivity index (χ2v) is 5.14. The number of primary amides is 1. The molecule has 1 aromatic heterocycles. The molecule has 21 heavy (non-hydrogen) atoms. The molecule has 1 aliphatic rings. The summed E-state index contributed by atoms with van der Waals surface area (Å²) < 4.78 is 7.83. The number of rotatable bonds is 4. The Morgan fingerprint density at radius 2 is 2.33 bits per heavy atom. The Balaban J connectivity index is 2.05. The van der Waals surface area contributed by atoms with Crippen LogP contribution in [-0.2, 0) is 20.9 Å². The minimum Gasteiger partial charge on any atom is -0.376 e. The van der Waals surface area contributed by atoms with E-state index >= 15 is 0 Å². The van der Waals surface area contributed by atoms with Gasteiger partial charge in [0.1, 0.15) is 0 Å². The predicted molar refractivity (Wildman–Crippen MR) is 77.8 cm³/mol. The molecule has 0 spiro atoms. The molecule has 0 aromatic carbocycles. The molecule has 114 valence electrons. The van der Waals surface area contributed by atoms with Gasteiger partial charge >= 0.3 is 11.8 Å². The summed E-state index contributed by atoms with van der Waals surface area (Å²) in [7, 11) is 0. The quantitative estimate of drug-likeness (QED) is 0.472. The third-order valence-corrected chi connectivity index (χ3v) is 3.62. The summed E-state index contributed by atoms with van der Waals surface area (Å²) in [6.45, 7) is 5.65. The van der Waals surface area contributed by atoms with Crippen LogP contribution in [0.2, 0.25) is 0 Å². The number of nitrogens with one attached hydrogen (secondary N) is 1. The average Bonchev–Trinajstić information content (AvgIpc) is 3.03. The Hall–Kier alpha value is -2.15. The van der Waals surface area contributed by atoms with E-state index in [1.165, 1.54) is 6.21 Å². The van der Waals surface area contributed by atoms with Gasteiger partial charge < -0.3 is 15.0 Å². The zero-order valence-corrected chi connectivity index (χ0v) is 12.3. The van der Waals surface area contributed by atoms with Crippen molar-refractivity contribution >= 4 is 18.0 Å². The molecule has 1 atom stereocenters. The third kappa shape index (κ3) is 3.69. The number of nitrogens with zero attached hydrogens (tertiary/aromatic N) is 2. The molecule has 3 N–H and O–H groups in total. The molecule has 0 radical (unpaired) electrons. The molecule has 0 unspecified atom stereocenters. The van der Waals surface area contributed by atoms with E-state index in [9.17, 15) is 9.59 Å². The molecule has 2 amide bonds. The minimum absolute atomic E-state index is 0.258. The van der Waals surface area contributed by atoms with Crippen molar-refractivity contribution in [1.82, 2.24) is 9.99 Å². The third-order valence-electron chi connectivity index (χ3n) is 3.62. The van der Waals surface area contributed by atoms with E-state index in [4.69, 9.17) is 10.5 Å². The van der Waals surface area contributed by atoms with Crippen LogP contribution in [0.15, 0.2) is 11.2 Å². The highest BCUT2D eigenvalue weighted by Gasteiger charge is 2.18. The Morgan fingerprint density at radius 1 is 1.57 bits per heavy atom. The number of carbonyl (C=O) groups excluding carboxylic acids is 2. The fourth-order valence-electron chi connectivity index (χ4n) is 2.45. The van der Waals surface area contributed by atoms with Gasteiger partial charge in [-0.15, -0.1) is 0 Å². The fourth-order valence-corrected chi connectivity index (χ4v) is 2.45. The lowest BCUT2D eigenvalue weighted by molar-refractivity contribution is -0.137. The van der Waals surface area contributed by atoms with Gasteiger partial charge in [-0.25, -0.2) is 5.43 Å². The van der Waals surface area contributed by atoms with E-state index < -0.39 is 11.8 Å². The second-order valence-electron chi connectivity index (χ2n) is 5.14. The summed E-state index contributed by atoms with van der Waals surface area (Å²) in [6.07, 6.45) is 3.95. The SMILES string of the molecule is Cc1cc(/C=N\NC(=O)C(N)=O)c(C)n1C[C@@H]1CCCO1. The summed E-state index contributed by atoms with van der Waals surface area (Å²) in [4.78, 5) is 21.6. The molecule has 7 heteroatoms. The number of ether oxygens (including phenoxy) is 1. The van der Waals surface area contributed by atoms with Crippen molar-refractivity contribution in [3.8, 4) is 0 Å². The standard InChI is InChI=1S/C14H20N4O3/c1-9-6-11(7-16-17-14(20)13(15)19)10(2)18(9)8-12-4-3-5-21-12/h6-7,12H,3-5,8H2,1-2H3,(H2,15,19)(H,17,20)/b16-7-/t12-/m0/s1. The fraction of sp³-hybridized carbons (Fsp3) is 0.500. The van der Waals surface area contributed by atoms with Crippen LogP contribution in [0.4, 0.5) is 0 Å². The smallest absolute Gasteiger partial charge is 0.329 e. The molecule has 1 aromatic rings. The highest BCUT2D eigenvalue weighted by Crippen LogP contribution is 2.19. The van der Waals surface area contributed by atoms with Gasteiger partial charge in [0, 0.05) is 30.1 Å².